The lowest BCUT2D eigenvalue weighted by Gasteiger charge is -2.27. The number of hydrogen-bond acceptors (Lipinski definition) is 3. The molecule has 2 heterocycles. The average Bonchev–Trinajstić information content (AvgIpc) is 3.79. The van der Waals surface area contributed by atoms with Gasteiger partial charge in [-0.2, -0.15) is 0 Å². The number of hydrogen-bond donors (Lipinski definition) is 0. The van der Waals surface area contributed by atoms with Crippen LogP contribution in [0.25, 0.3) is 71.9 Å². The third-order valence-corrected chi connectivity index (χ3v) is 9.79. The lowest BCUT2D eigenvalue weighted by Crippen LogP contribution is -2.11. The normalized spacial score (nSPS) is 11.5. The maximum absolute atomic E-state index is 6.49. The van der Waals surface area contributed by atoms with Gasteiger partial charge in [-0.3, -0.25) is 0 Å². The first-order valence-electron chi connectivity index (χ1n) is 17.2. The molecule has 0 saturated carbocycles. The highest BCUT2D eigenvalue weighted by Crippen LogP contribution is 2.44. The van der Waals surface area contributed by atoms with Crippen molar-refractivity contribution < 1.29 is 4.42 Å². The standard InChI is InChI=1S/C47H31N3O/c1-3-14-32(15-4-1)34-18-13-19-37(30-34)49(35-26-28-36(29-27-35)50-43-24-11-9-20-38(43)39-21-10-12-25-44(39)50)45-31-42-46(41-23-8-7-22-40(41)45)51-47(48-42)33-16-5-2-6-17-33/h1-31H. The molecule has 0 aliphatic carbocycles. The zero-order valence-electron chi connectivity index (χ0n) is 27.6. The predicted octanol–water partition coefficient (Wildman–Crippen LogP) is 12.9. The van der Waals surface area contributed by atoms with Gasteiger partial charge in [-0.15, -0.1) is 0 Å². The van der Waals surface area contributed by atoms with Crippen LogP contribution in [-0.2, 0) is 0 Å². The number of benzene rings is 8. The van der Waals surface area contributed by atoms with Gasteiger partial charge in [0.1, 0.15) is 5.52 Å². The van der Waals surface area contributed by atoms with E-state index in [1.807, 2.05) is 30.3 Å². The molecule has 10 rings (SSSR count). The van der Waals surface area contributed by atoms with Gasteiger partial charge in [0.25, 0.3) is 0 Å². The summed E-state index contributed by atoms with van der Waals surface area (Å²) >= 11 is 0. The van der Waals surface area contributed by atoms with Crippen LogP contribution in [0.3, 0.4) is 0 Å². The van der Waals surface area contributed by atoms with E-state index < -0.39 is 0 Å². The Morgan fingerprint density at radius 1 is 0.431 bits per heavy atom. The van der Waals surface area contributed by atoms with E-state index >= 15 is 0 Å². The Hall–Kier alpha value is -6.91. The highest BCUT2D eigenvalue weighted by molar-refractivity contribution is 6.12. The largest absolute Gasteiger partial charge is 0.435 e. The minimum absolute atomic E-state index is 0.612. The third kappa shape index (κ3) is 4.88. The van der Waals surface area contributed by atoms with Crippen LogP contribution in [-0.4, -0.2) is 9.55 Å². The summed E-state index contributed by atoms with van der Waals surface area (Å²) in [6.45, 7) is 0. The van der Waals surface area contributed by atoms with Gasteiger partial charge in [-0.1, -0.05) is 121 Å². The van der Waals surface area contributed by atoms with E-state index in [0.29, 0.717) is 5.89 Å². The average molecular weight is 654 g/mol. The minimum Gasteiger partial charge on any atom is -0.435 e. The summed E-state index contributed by atoms with van der Waals surface area (Å²) in [5.74, 6) is 0.612. The van der Waals surface area contributed by atoms with Crippen LogP contribution in [0.15, 0.2) is 192 Å². The summed E-state index contributed by atoms with van der Waals surface area (Å²) in [7, 11) is 0. The first-order chi connectivity index (χ1) is 25.3. The molecule has 0 spiro atoms. The number of aromatic nitrogens is 2. The van der Waals surface area contributed by atoms with Crippen LogP contribution in [0, 0.1) is 0 Å². The molecule has 4 heteroatoms. The molecule has 51 heavy (non-hydrogen) atoms. The van der Waals surface area contributed by atoms with Crippen molar-refractivity contribution in [3.05, 3.63) is 188 Å². The molecule has 0 atom stereocenters. The van der Waals surface area contributed by atoms with E-state index in [2.05, 4.69) is 167 Å². The van der Waals surface area contributed by atoms with Crippen molar-refractivity contribution in [2.75, 3.05) is 4.90 Å². The van der Waals surface area contributed by atoms with Crippen LogP contribution >= 0.6 is 0 Å². The number of anilines is 3. The molecule has 8 aromatic carbocycles. The van der Waals surface area contributed by atoms with Crippen LogP contribution in [0.4, 0.5) is 17.1 Å². The maximum Gasteiger partial charge on any atom is 0.227 e. The Bertz CT molecular complexity index is 2800. The lowest BCUT2D eigenvalue weighted by atomic mass is 10.0. The van der Waals surface area contributed by atoms with Gasteiger partial charge in [0.05, 0.1) is 16.7 Å². The Morgan fingerprint density at radius 2 is 1.00 bits per heavy atom. The van der Waals surface area contributed by atoms with Crippen molar-refractivity contribution in [3.63, 3.8) is 0 Å². The van der Waals surface area contributed by atoms with E-state index in [0.717, 1.165) is 55.7 Å². The Labute approximate surface area is 295 Å². The summed E-state index contributed by atoms with van der Waals surface area (Å²) in [6, 6.07) is 66.2. The van der Waals surface area contributed by atoms with Crippen molar-refractivity contribution >= 4 is 60.7 Å². The molecular weight excluding hydrogens is 623 g/mol. The molecule has 0 amide bonds. The number of para-hydroxylation sites is 2. The van der Waals surface area contributed by atoms with Crippen molar-refractivity contribution in [2.24, 2.45) is 0 Å². The number of fused-ring (bicyclic) bond motifs is 6. The van der Waals surface area contributed by atoms with E-state index in [9.17, 15) is 0 Å². The van der Waals surface area contributed by atoms with Crippen molar-refractivity contribution in [3.8, 4) is 28.3 Å². The molecule has 2 aromatic heterocycles. The fourth-order valence-electron chi connectivity index (χ4n) is 7.46. The first kappa shape index (κ1) is 29.0. The monoisotopic (exact) mass is 653 g/mol. The molecule has 0 saturated heterocycles. The van der Waals surface area contributed by atoms with Crippen LogP contribution in [0.2, 0.25) is 0 Å². The Morgan fingerprint density at radius 3 is 1.69 bits per heavy atom. The topological polar surface area (TPSA) is 34.2 Å². The van der Waals surface area contributed by atoms with Gasteiger partial charge in [-0.25, -0.2) is 4.98 Å². The summed E-state index contributed by atoms with van der Waals surface area (Å²) in [4.78, 5) is 7.39. The van der Waals surface area contributed by atoms with Crippen LogP contribution in [0.1, 0.15) is 0 Å². The highest BCUT2D eigenvalue weighted by Gasteiger charge is 2.21. The molecule has 0 unspecified atom stereocenters. The number of oxazole rings is 1. The van der Waals surface area contributed by atoms with Crippen LogP contribution < -0.4 is 4.90 Å². The molecule has 4 nitrogen and oxygen atoms in total. The second kappa shape index (κ2) is 11.9. The second-order valence-corrected chi connectivity index (χ2v) is 12.8. The quantitative estimate of drug-likeness (QED) is 0.179. The molecule has 0 radical (unpaired) electrons. The number of rotatable bonds is 6. The predicted molar refractivity (Wildman–Crippen MR) is 211 cm³/mol. The van der Waals surface area contributed by atoms with E-state index in [1.54, 1.807) is 0 Å². The van der Waals surface area contributed by atoms with Crippen molar-refractivity contribution in [2.45, 2.75) is 0 Å². The fourth-order valence-corrected chi connectivity index (χ4v) is 7.46. The molecule has 0 fully saturated rings. The summed E-state index contributed by atoms with van der Waals surface area (Å²) in [6.07, 6.45) is 0. The van der Waals surface area contributed by atoms with Gasteiger partial charge in [-0.05, 0) is 77.9 Å². The SMILES string of the molecule is c1ccc(-c2cccc(N(c3ccc(-n4c5ccccc5c5ccccc54)cc3)c3cc4nc(-c5ccccc5)oc4c4ccccc34)c2)cc1. The van der Waals surface area contributed by atoms with Crippen molar-refractivity contribution in [1.29, 1.82) is 0 Å². The fraction of sp³-hybridized carbons (Fsp3) is 0. The maximum atomic E-state index is 6.49. The van der Waals surface area contributed by atoms with Gasteiger partial charge in [0, 0.05) is 44.2 Å². The Balaban J connectivity index is 1.19. The zero-order valence-corrected chi connectivity index (χ0v) is 27.6. The molecular formula is C47H31N3O. The van der Waals surface area contributed by atoms with E-state index in [-0.39, 0.29) is 0 Å². The Kier molecular flexibility index (Phi) is 6.78. The highest BCUT2D eigenvalue weighted by atomic mass is 16.3. The lowest BCUT2D eigenvalue weighted by molar-refractivity contribution is 0.623. The molecule has 240 valence electrons. The molecule has 0 bridgehead atoms. The molecule has 10 aromatic rings. The summed E-state index contributed by atoms with van der Waals surface area (Å²) in [5, 5.41) is 4.60. The first-order valence-corrected chi connectivity index (χ1v) is 17.2. The van der Waals surface area contributed by atoms with Gasteiger partial charge in [0.15, 0.2) is 5.58 Å². The summed E-state index contributed by atoms with van der Waals surface area (Å²) < 4.78 is 8.84. The second-order valence-electron chi connectivity index (χ2n) is 12.8. The van der Waals surface area contributed by atoms with Crippen molar-refractivity contribution in [1.82, 2.24) is 9.55 Å². The number of nitrogens with zero attached hydrogens (tertiary/aromatic N) is 3. The summed E-state index contributed by atoms with van der Waals surface area (Å²) in [5.41, 5.74) is 11.5. The van der Waals surface area contributed by atoms with Gasteiger partial charge >= 0.3 is 0 Å². The van der Waals surface area contributed by atoms with E-state index in [1.165, 1.54) is 27.4 Å². The zero-order chi connectivity index (χ0) is 33.7. The van der Waals surface area contributed by atoms with Gasteiger partial charge in [0.2, 0.25) is 5.89 Å². The van der Waals surface area contributed by atoms with Gasteiger partial charge < -0.3 is 13.9 Å². The smallest absolute Gasteiger partial charge is 0.227 e. The van der Waals surface area contributed by atoms with E-state index in [4.69, 9.17) is 9.40 Å². The van der Waals surface area contributed by atoms with Crippen LogP contribution in [0.5, 0.6) is 0 Å². The molecule has 0 N–H and O–H groups in total. The minimum atomic E-state index is 0.612. The molecule has 0 aliphatic heterocycles. The third-order valence-electron chi connectivity index (χ3n) is 9.79. The molecule has 0 aliphatic rings.